The zero-order valence-electron chi connectivity index (χ0n) is 18.9. The molecule has 1 saturated heterocycles. The van der Waals surface area contributed by atoms with E-state index in [0.29, 0.717) is 18.5 Å². The van der Waals surface area contributed by atoms with Gasteiger partial charge in [0.25, 0.3) is 5.91 Å². The van der Waals surface area contributed by atoms with E-state index in [-0.39, 0.29) is 11.4 Å². The first kappa shape index (κ1) is 20.4. The molecule has 3 fully saturated rings. The van der Waals surface area contributed by atoms with Crippen molar-refractivity contribution < 1.29 is 4.79 Å². The summed E-state index contributed by atoms with van der Waals surface area (Å²) in [6, 6.07) is 3.12. The largest absolute Gasteiger partial charge is 0.351 e. The summed E-state index contributed by atoms with van der Waals surface area (Å²) in [6.07, 6.45) is 12.6. The predicted octanol–water partition coefficient (Wildman–Crippen LogP) is 2.46. The highest BCUT2D eigenvalue weighted by Gasteiger charge is 2.41. The lowest BCUT2D eigenvalue weighted by atomic mass is 9.80. The number of hydrogen-bond donors (Lipinski definition) is 3. The van der Waals surface area contributed by atoms with Crippen molar-refractivity contribution in [3.8, 4) is 0 Å². The van der Waals surface area contributed by atoms with Crippen LogP contribution in [0.15, 0.2) is 12.3 Å². The fourth-order valence-electron chi connectivity index (χ4n) is 6.55. The lowest BCUT2D eigenvalue weighted by Gasteiger charge is -2.43. The minimum absolute atomic E-state index is 0.0138. The van der Waals surface area contributed by atoms with Gasteiger partial charge in [-0.3, -0.25) is 9.69 Å². The zero-order chi connectivity index (χ0) is 21.5. The Morgan fingerprint density at radius 1 is 1.06 bits per heavy atom. The highest BCUT2D eigenvalue weighted by molar-refractivity contribution is 5.99. The average molecular weight is 438 g/mol. The first-order valence-corrected chi connectivity index (χ1v) is 12.6. The molecule has 4 heterocycles. The molecule has 2 saturated carbocycles. The number of nitrogens with one attached hydrogen (secondary N) is 3. The molecule has 8 heteroatoms. The molecule has 0 radical (unpaired) electrons. The monoisotopic (exact) mass is 437 g/mol. The molecule has 3 N–H and O–H groups in total. The smallest absolute Gasteiger partial charge is 0.268 e. The van der Waals surface area contributed by atoms with Crippen LogP contribution < -0.4 is 16.0 Å². The van der Waals surface area contributed by atoms with E-state index in [9.17, 15) is 4.79 Å². The van der Waals surface area contributed by atoms with Crippen molar-refractivity contribution >= 4 is 22.9 Å². The van der Waals surface area contributed by atoms with E-state index in [0.717, 1.165) is 61.5 Å². The highest BCUT2D eigenvalue weighted by atomic mass is 16.2. The lowest BCUT2D eigenvalue weighted by molar-refractivity contribution is 0.0833. The summed E-state index contributed by atoms with van der Waals surface area (Å²) in [5, 5.41) is 11.2. The van der Waals surface area contributed by atoms with Crippen molar-refractivity contribution in [2.75, 3.05) is 38.0 Å². The van der Waals surface area contributed by atoms with Gasteiger partial charge in [0.1, 0.15) is 11.3 Å². The van der Waals surface area contributed by atoms with Gasteiger partial charge in [-0.25, -0.2) is 4.98 Å². The van der Waals surface area contributed by atoms with E-state index in [1.807, 2.05) is 12.3 Å². The van der Waals surface area contributed by atoms with E-state index in [1.54, 1.807) is 0 Å². The van der Waals surface area contributed by atoms with Crippen LogP contribution in [0.3, 0.4) is 0 Å². The summed E-state index contributed by atoms with van der Waals surface area (Å²) >= 11 is 0. The van der Waals surface area contributed by atoms with Gasteiger partial charge in [-0.05, 0) is 44.6 Å². The molecular formula is C24H35N7O. The molecule has 0 bridgehead atoms. The summed E-state index contributed by atoms with van der Waals surface area (Å²) in [4.78, 5) is 24.9. The number of rotatable bonds is 3. The van der Waals surface area contributed by atoms with Crippen LogP contribution in [0.5, 0.6) is 0 Å². The van der Waals surface area contributed by atoms with Crippen LogP contribution >= 0.6 is 0 Å². The minimum Gasteiger partial charge on any atom is -0.351 e. The highest BCUT2D eigenvalue weighted by Crippen LogP contribution is 2.40. The molecule has 4 aliphatic rings. The molecule has 1 spiro atoms. The number of nitrogens with zero attached hydrogens (tertiary/aromatic N) is 4. The van der Waals surface area contributed by atoms with Crippen LogP contribution in [-0.4, -0.2) is 70.1 Å². The predicted molar refractivity (Wildman–Crippen MR) is 125 cm³/mol. The number of fused-ring (bicyclic) bond motifs is 4. The van der Waals surface area contributed by atoms with Crippen molar-refractivity contribution in [1.82, 2.24) is 30.1 Å². The van der Waals surface area contributed by atoms with Gasteiger partial charge in [0.2, 0.25) is 5.95 Å². The Morgan fingerprint density at radius 3 is 2.62 bits per heavy atom. The first-order valence-electron chi connectivity index (χ1n) is 12.6. The molecule has 32 heavy (non-hydrogen) atoms. The Hall–Kier alpha value is -2.19. The van der Waals surface area contributed by atoms with E-state index in [4.69, 9.17) is 4.98 Å². The van der Waals surface area contributed by atoms with Crippen LogP contribution in [0.1, 0.15) is 68.3 Å². The molecule has 0 aromatic carbocycles. The quantitative estimate of drug-likeness (QED) is 0.684. The molecule has 1 amide bonds. The molecular weight excluding hydrogens is 402 g/mol. The van der Waals surface area contributed by atoms with E-state index < -0.39 is 0 Å². The third-order valence-corrected chi connectivity index (χ3v) is 8.31. The van der Waals surface area contributed by atoms with Gasteiger partial charge in [-0.1, -0.05) is 19.3 Å². The van der Waals surface area contributed by atoms with Gasteiger partial charge in [-0.15, -0.1) is 0 Å². The maximum atomic E-state index is 12.6. The van der Waals surface area contributed by atoms with Crippen molar-refractivity contribution in [3.05, 3.63) is 18.0 Å². The van der Waals surface area contributed by atoms with Crippen LogP contribution in [-0.2, 0) is 5.54 Å². The number of carbonyl (C=O) groups excluding carboxylic acids is 1. The van der Waals surface area contributed by atoms with E-state index in [2.05, 4.69) is 30.4 Å². The Balaban J connectivity index is 1.22. The molecule has 6 rings (SSSR count). The molecule has 2 aliphatic carbocycles. The van der Waals surface area contributed by atoms with Gasteiger partial charge in [0.05, 0.1) is 5.54 Å². The van der Waals surface area contributed by atoms with Gasteiger partial charge in [0.15, 0.2) is 0 Å². The molecule has 172 valence electrons. The van der Waals surface area contributed by atoms with Gasteiger partial charge < -0.3 is 20.5 Å². The number of amides is 1. The third kappa shape index (κ3) is 3.57. The van der Waals surface area contributed by atoms with Crippen LogP contribution in [0.25, 0.3) is 11.0 Å². The molecule has 2 aromatic rings. The molecule has 8 nitrogen and oxygen atoms in total. The minimum atomic E-state index is -0.0315. The van der Waals surface area contributed by atoms with Crippen molar-refractivity contribution in [1.29, 1.82) is 0 Å². The van der Waals surface area contributed by atoms with Crippen LogP contribution in [0.2, 0.25) is 0 Å². The van der Waals surface area contributed by atoms with E-state index >= 15 is 0 Å². The van der Waals surface area contributed by atoms with Crippen molar-refractivity contribution in [3.63, 3.8) is 0 Å². The molecule has 0 atom stereocenters. The standard InChI is InChI=1S/C24H35N7O/c32-22-20-14-17-15-26-23(28-18-4-6-19(7-5-18)30-12-10-25-11-13-30)29-21(17)31(20)24(16-27-22)8-2-1-3-9-24/h14-15,18-19,25H,1-13,16H2,(H,27,32)(H,26,28,29). The Kier molecular flexibility index (Phi) is 5.30. The maximum absolute atomic E-state index is 12.6. The van der Waals surface area contributed by atoms with Gasteiger partial charge in [-0.2, -0.15) is 4.98 Å². The summed E-state index contributed by atoms with van der Waals surface area (Å²) in [6.45, 7) is 5.31. The van der Waals surface area contributed by atoms with Crippen molar-refractivity contribution in [2.45, 2.75) is 75.4 Å². The summed E-state index contributed by atoms with van der Waals surface area (Å²) < 4.78 is 2.26. The number of anilines is 1. The summed E-state index contributed by atoms with van der Waals surface area (Å²) in [5.41, 5.74) is 1.64. The topological polar surface area (TPSA) is 87.1 Å². The van der Waals surface area contributed by atoms with Gasteiger partial charge in [0, 0.05) is 56.4 Å². The second-order valence-electron chi connectivity index (χ2n) is 10.2. The third-order valence-electron chi connectivity index (χ3n) is 8.31. The maximum Gasteiger partial charge on any atom is 0.268 e. The fourth-order valence-corrected chi connectivity index (χ4v) is 6.55. The first-order chi connectivity index (χ1) is 15.7. The molecule has 0 unspecified atom stereocenters. The Bertz CT molecular complexity index is 982. The normalized spacial score (nSPS) is 28.4. The number of hydrogen-bond acceptors (Lipinski definition) is 6. The van der Waals surface area contributed by atoms with Gasteiger partial charge >= 0.3 is 0 Å². The fraction of sp³-hybridized carbons (Fsp3) is 0.708. The second kappa shape index (κ2) is 8.30. The van der Waals surface area contributed by atoms with Crippen LogP contribution in [0.4, 0.5) is 5.95 Å². The van der Waals surface area contributed by atoms with Crippen LogP contribution in [0, 0.1) is 0 Å². The lowest BCUT2D eigenvalue weighted by Crippen LogP contribution is -2.52. The number of carbonyl (C=O) groups is 1. The SMILES string of the molecule is O=C1NCC2(CCCCC2)n2c1cc1cnc(NC3CCC(N4CCNCC4)CC3)nc12. The number of aromatic nitrogens is 3. The Labute approximate surface area is 189 Å². The summed E-state index contributed by atoms with van der Waals surface area (Å²) in [7, 11) is 0. The average Bonchev–Trinajstić information content (AvgIpc) is 3.24. The molecule has 2 aromatic heterocycles. The Morgan fingerprint density at radius 2 is 1.84 bits per heavy atom. The summed E-state index contributed by atoms with van der Waals surface area (Å²) in [5.74, 6) is 0.723. The molecule has 2 aliphatic heterocycles. The van der Waals surface area contributed by atoms with E-state index in [1.165, 1.54) is 45.2 Å². The zero-order valence-corrected chi connectivity index (χ0v) is 18.9. The number of piperazine rings is 1. The second-order valence-corrected chi connectivity index (χ2v) is 10.2. The van der Waals surface area contributed by atoms with Crippen molar-refractivity contribution in [2.24, 2.45) is 0 Å².